The van der Waals surface area contributed by atoms with Gasteiger partial charge in [0, 0.05) is 39.4 Å². The molecule has 4 nitrogen and oxygen atoms in total. The van der Waals surface area contributed by atoms with Gasteiger partial charge in [-0.15, -0.1) is 0 Å². The van der Waals surface area contributed by atoms with E-state index >= 15 is 0 Å². The van der Waals surface area contributed by atoms with Gasteiger partial charge in [-0.3, -0.25) is 9.11 Å². The minimum Gasteiger partial charge on any atom is -0.264 e. The average Bonchev–Trinajstić information content (AvgIpc) is 0.722. The van der Waals surface area contributed by atoms with E-state index in [9.17, 15) is 0 Å². The van der Waals surface area contributed by atoms with Crippen molar-refractivity contribution >= 4 is 10.4 Å². The molecule has 2 radical (unpaired) electrons. The Labute approximate surface area is 67.2 Å². The molecule has 0 heterocycles. The van der Waals surface area contributed by atoms with Crippen molar-refractivity contribution in [3.8, 4) is 0 Å². The summed E-state index contributed by atoms with van der Waals surface area (Å²) in [5, 5.41) is 0. The maximum Gasteiger partial charge on any atom is 0.394 e. The van der Waals surface area contributed by atoms with Gasteiger partial charge in [0.15, 0.2) is 0 Å². The van der Waals surface area contributed by atoms with Gasteiger partial charge < -0.3 is 0 Å². The van der Waals surface area contributed by atoms with Gasteiger partial charge in [0.25, 0.3) is 0 Å². The second-order valence-corrected chi connectivity index (χ2v) is 1.34. The summed E-state index contributed by atoms with van der Waals surface area (Å²) >= 11 is 0. The summed E-state index contributed by atoms with van der Waals surface area (Å²) in [5.41, 5.74) is 0. The molecule has 0 fully saturated rings. The molecule has 2 N–H and O–H groups in total. The van der Waals surface area contributed by atoms with E-state index in [2.05, 4.69) is 0 Å². The quantitative estimate of drug-likeness (QED) is 0.452. The van der Waals surface area contributed by atoms with Crippen LogP contribution in [-0.4, -0.2) is 17.5 Å². The summed E-state index contributed by atoms with van der Waals surface area (Å²) in [5.74, 6) is 0. The van der Waals surface area contributed by atoms with Crippen LogP contribution in [0.25, 0.3) is 0 Å². The van der Waals surface area contributed by atoms with Crippen LogP contribution in [0.1, 0.15) is 0 Å². The van der Waals surface area contributed by atoms with E-state index in [0.29, 0.717) is 0 Å². The van der Waals surface area contributed by atoms with Crippen LogP contribution < -0.4 is 0 Å². The molecule has 0 spiro atoms. The summed E-state index contributed by atoms with van der Waals surface area (Å²) < 4.78 is 31.6. The van der Waals surface area contributed by atoms with Gasteiger partial charge in [0.1, 0.15) is 0 Å². The van der Waals surface area contributed by atoms with Gasteiger partial charge >= 0.3 is 10.4 Å². The number of hydrogen-bond donors (Lipinski definition) is 2. The molecule has 7 heavy (non-hydrogen) atoms. The number of hydrogen-bond acceptors (Lipinski definition) is 2. The summed E-state index contributed by atoms with van der Waals surface area (Å²) in [6, 6.07) is 0. The Morgan fingerprint density at radius 1 is 1.14 bits per heavy atom. The van der Waals surface area contributed by atoms with Gasteiger partial charge in [0.05, 0.1) is 0 Å². The van der Waals surface area contributed by atoms with Crippen LogP contribution >= 0.6 is 0 Å². The minimum atomic E-state index is -4.67. The molecule has 0 aliphatic heterocycles. The first-order valence-electron chi connectivity index (χ1n) is 0.698. The molecule has 0 unspecified atom stereocenters. The third-order valence-corrected chi connectivity index (χ3v) is 0. The van der Waals surface area contributed by atoms with Crippen molar-refractivity contribution < 1.29 is 57.0 Å². The van der Waals surface area contributed by atoms with E-state index in [4.69, 9.17) is 17.5 Å². The first kappa shape index (κ1) is 15.7. The van der Waals surface area contributed by atoms with E-state index in [1.165, 1.54) is 0 Å². The predicted octanol–water partition coefficient (Wildman–Crippen LogP) is -0.658. The predicted molar refractivity (Wildman–Crippen MR) is 14.2 cm³/mol. The summed E-state index contributed by atoms with van der Waals surface area (Å²) in [6.45, 7) is 0. The SMILES string of the molecule is O=S(=O)(O)O.[Ag].[Cu]. The molecular weight excluding hydrogens is 267 g/mol. The molecule has 0 aromatic heterocycles. The van der Waals surface area contributed by atoms with Gasteiger partial charge in [0.2, 0.25) is 0 Å². The van der Waals surface area contributed by atoms with Gasteiger partial charge in [-0.05, 0) is 0 Å². The zero-order valence-electron chi connectivity index (χ0n) is 2.72. The molecule has 0 saturated carbocycles. The molecule has 0 bridgehead atoms. The largest absolute Gasteiger partial charge is 0.394 e. The molecule has 7 heteroatoms. The Balaban J connectivity index is -0.0000000800. The summed E-state index contributed by atoms with van der Waals surface area (Å²) in [7, 11) is -4.67. The third-order valence-electron chi connectivity index (χ3n) is 0. The van der Waals surface area contributed by atoms with E-state index in [0.717, 1.165) is 0 Å². The Bertz CT molecular complexity index is 94.9. The van der Waals surface area contributed by atoms with Crippen molar-refractivity contribution in [3.05, 3.63) is 0 Å². The maximum absolute atomic E-state index is 8.74. The van der Waals surface area contributed by atoms with Gasteiger partial charge in [-0.1, -0.05) is 0 Å². The fraction of sp³-hybridized carbons (Fsp3) is 0. The minimum absolute atomic E-state index is 0. The van der Waals surface area contributed by atoms with Crippen LogP contribution in [-0.2, 0) is 49.8 Å². The Morgan fingerprint density at radius 3 is 1.14 bits per heavy atom. The molecule has 0 amide bonds. The molecule has 0 rings (SSSR count). The van der Waals surface area contributed by atoms with Crippen molar-refractivity contribution in [2.45, 2.75) is 0 Å². The monoisotopic (exact) mass is 268 g/mol. The molecule has 0 saturated heterocycles. The molecule has 54 valence electrons. The normalized spacial score (nSPS) is 8.29. The number of rotatable bonds is 0. The van der Waals surface area contributed by atoms with Gasteiger partial charge in [-0.2, -0.15) is 8.42 Å². The molecule has 0 atom stereocenters. The van der Waals surface area contributed by atoms with E-state index in [-0.39, 0.29) is 39.4 Å². The van der Waals surface area contributed by atoms with Crippen molar-refractivity contribution in [2.75, 3.05) is 0 Å². The molecular formula is H2AgCuO4S. The van der Waals surface area contributed by atoms with Crippen LogP contribution in [0.4, 0.5) is 0 Å². The van der Waals surface area contributed by atoms with E-state index < -0.39 is 10.4 Å². The first-order chi connectivity index (χ1) is 2.00. The maximum atomic E-state index is 8.74. The zero-order valence-corrected chi connectivity index (χ0v) is 5.96. The second-order valence-electron chi connectivity index (χ2n) is 0.448. The van der Waals surface area contributed by atoms with Crippen LogP contribution in [0.5, 0.6) is 0 Å². The van der Waals surface area contributed by atoms with E-state index in [1.807, 2.05) is 0 Å². The average molecular weight is 269 g/mol. The fourth-order valence-corrected chi connectivity index (χ4v) is 0. The van der Waals surface area contributed by atoms with Crippen LogP contribution in [0.3, 0.4) is 0 Å². The topological polar surface area (TPSA) is 74.6 Å². The smallest absolute Gasteiger partial charge is 0.264 e. The molecule has 0 aliphatic carbocycles. The Morgan fingerprint density at radius 2 is 1.14 bits per heavy atom. The van der Waals surface area contributed by atoms with Crippen LogP contribution in [0.15, 0.2) is 0 Å². The van der Waals surface area contributed by atoms with Crippen molar-refractivity contribution in [3.63, 3.8) is 0 Å². The van der Waals surface area contributed by atoms with Crippen LogP contribution in [0, 0.1) is 0 Å². The Kier molecular flexibility index (Phi) is 11.8. The van der Waals surface area contributed by atoms with Crippen molar-refractivity contribution in [1.29, 1.82) is 0 Å². The Hall–Kier alpha value is 1.13. The molecule has 0 aromatic rings. The van der Waals surface area contributed by atoms with Gasteiger partial charge in [-0.25, -0.2) is 0 Å². The first-order valence-corrected chi connectivity index (χ1v) is 2.10. The summed E-state index contributed by atoms with van der Waals surface area (Å²) in [4.78, 5) is 0. The second kappa shape index (κ2) is 5.27. The summed E-state index contributed by atoms with van der Waals surface area (Å²) in [6.07, 6.45) is 0. The van der Waals surface area contributed by atoms with Crippen molar-refractivity contribution in [1.82, 2.24) is 0 Å². The van der Waals surface area contributed by atoms with Crippen molar-refractivity contribution in [2.24, 2.45) is 0 Å². The standard InChI is InChI=1S/Ag.Cu.H2O4S/c;;1-5(2,3)4/h;;(H2,1,2,3,4). The fourth-order valence-electron chi connectivity index (χ4n) is 0. The molecule has 0 aromatic carbocycles. The van der Waals surface area contributed by atoms with E-state index in [1.54, 1.807) is 0 Å². The zero-order chi connectivity index (χ0) is 4.50. The third kappa shape index (κ3) is 147. The van der Waals surface area contributed by atoms with Crippen LogP contribution in [0.2, 0.25) is 0 Å². The molecule has 0 aliphatic rings.